The molecule has 30 nitrogen and oxygen atoms in total. The maximum atomic E-state index is 14.2. The topological polar surface area (TPSA) is 352 Å². The molecule has 20 rings (SSSR count). The number of alkyl halides is 3. The van der Waals surface area contributed by atoms with Crippen LogP contribution in [0.25, 0.3) is 66.6 Å². The fourth-order valence-electron chi connectivity index (χ4n) is 19.2. The van der Waals surface area contributed by atoms with Crippen LogP contribution in [0.3, 0.4) is 0 Å². The Bertz CT molecular complexity index is 7100. The van der Waals surface area contributed by atoms with Crippen molar-refractivity contribution in [2.24, 2.45) is 5.92 Å². The van der Waals surface area contributed by atoms with Crippen LogP contribution < -0.4 is 43.3 Å². The molecule has 7 saturated heterocycles. The SMILES string of the molecule is C=S(=O)(c1ccc(-c2cc3cnc(Nc4ccc(C5CCCNC5)cc4)nc3n(CCN3CCOCC3)c2=O)nc1)C1CCOCC1.C=S(=O)(c1ccc(-c2cc3cnc(Nc4ccc(C5CCN(C)C5)cc4)nc3n(CC(=O)N3CCCC3)c2=O)cc1)c1cncs1.O=c1c(-c2ccccc2S(=O)(=O)CC(F)(F)F)cc2cnc(Nc3ccc(C4CCNCC4)cc3)nc2n1CC1CCOCC1.[HH].[HH].[HH]. The number of likely N-dealkylation sites (N-methyl/N-ethyl adjacent to an activating group) is 1. The molecule has 0 saturated carbocycles. The number of fused-ring (bicyclic) bond motifs is 3. The number of carbonyl (C=O) groups excluding carboxylic acids is 1. The number of amides is 1. The number of carbonyl (C=O) groups is 1. The first-order chi connectivity index (χ1) is 66.8. The first-order valence-corrected chi connectivity index (χ1v) is 53.1. The number of anilines is 6. The number of nitrogens with zero attached hydrogens (tertiary/aromatic N) is 14. The fourth-order valence-corrected chi connectivity index (χ4v) is 24.9. The highest BCUT2D eigenvalue weighted by atomic mass is 32.2. The third-order valence-electron chi connectivity index (χ3n) is 27.0. The number of likely N-dealkylation sites (tertiary alicyclic amines) is 2. The molecule has 5 N–H and O–H groups in total. The van der Waals surface area contributed by atoms with Gasteiger partial charge >= 0.3 is 6.18 Å². The predicted molar refractivity (Wildman–Crippen MR) is 542 cm³/mol. The normalized spacial score (nSPS) is 18.8. The monoisotopic (exact) mass is 1960 g/mol. The summed E-state index contributed by atoms with van der Waals surface area (Å²) in [7, 11) is -7.91. The summed E-state index contributed by atoms with van der Waals surface area (Å²) >= 11 is 1.30. The summed E-state index contributed by atoms with van der Waals surface area (Å²) < 4.78 is 114. The van der Waals surface area contributed by atoms with Gasteiger partial charge in [-0.3, -0.25) is 56.2 Å². The molecule has 8 aromatic heterocycles. The Morgan fingerprint density at radius 2 is 1.07 bits per heavy atom. The van der Waals surface area contributed by atoms with E-state index in [1.807, 2.05) is 30.3 Å². The molecule has 7 fully saturated rings. The van der Waals surface area contributed by atoms with Crippen molar-refractivity contribution in [3.63, 3.8) is 0 Å². The first kappa shape index (κ1) is 96.4. The molecule has 138 heavy (non-hydrogen) atoms. The molecule has 4 unspecified atom stereocenters. The number of rotatable bonds is 25. The summed E-state index contributed by atoms with van der Waals surface area (Å²) in [5, 5.41) is 18.5. The van der Waals surface area contributed by atoms with Crippen molar-refractivity contribution < 1.29 is 53.3 Å². The molecule has 0 bridgehead atoms. The Labute approximate surface area is 807 Å². The Morgan fingerprint density at radius 1 is 0.522 bits per heavy atom. The van der Waals surface area contributed by atoms with Gasteiger partial charge in [-0.25, -0.2) is 23.4 Å². The van der Waals surface area contributed by atoms with Crippen molar-refractivity contribution in [2.45, 2.75) is 138 Å². The fraction of sp³-hybridized carbons (Fsp3) is 0.386. The number of benzene rings is 5. The zero-order valence-corrected chi connectivity index (χ0v) is 80.1. The van der Waals surface area contributed by atoms with E-state index in [0.717, 1.165) is 113 Å². The first-order valence-electron chi connectivity index (χ1n) is 47.0. The van der Waals surface area contributed by atoms with Gasteiger partial charge in [0.15, 0.2) is 15.6 Å². The molecule has 4 atom stereocenters. The van der Waals surface area contributed by atoms with E-state index >= 15 is 0 Å². The molecule has 7 aliphatic heterocycles. The van der Waals surface area contributed by atoms with Crippen molar-refractivity contribution in [3.05, 3.63) is 236 Å². The van der Waals surface area contributed by atoms with Gasteiger partial charge in [-0.1, -0.05) is 66.7 Å². The molecule has 1 amide bonds. The van der Waals surface area contributed by atoms with Crippen LogP contribution in [0.1, 0.15) is 109 Å². The van der Waals surface area contributed by atoms with Gasteiger partial charge in [0.05, 0.1) is 41.1 Å². The molecule has 37 heteroatoms. The van der Waals surface area contributed by atoms with Crippen LogP contribution in [0.15, 0.2) is 221 Å². The summed E-state index contributed by atoms with van der Waals surface area (Å²) in [6, 6.07) is 45.8. The highest BCUT2D eigenvalue weighted by Crippen LogP contribution is 2.37. The zero-order valence-electron chi connectivity index (χ0n) is 76.8. The minimum Gasteiger partial charge on any atom is -0.381 e. The number of halogens is 3. The second-order valence-corrected chi connectivity index (χ2v) is 44.3. The quantitative estimate of drug-likeness (QED) is 0.0332. The lowest BCUT2D eigenvalue weighted by Gasteiger charge is -2.27. The van der Waals surface area contributed by atoms with E-state index in [9.17, 15) is 49.2 Å². The lowest BCUT2D eigenvalue weighted by Crippen LogP contribution is -2.39. The minimum atomic E-state index is -4.94. The smallest absolute Gasteiger partial charge is 0.381 e. The van der Waals surface area contributed by atoms with E-state index in [4.69, 9.17) is 29.2 Å². The van der Waals surface area contributed by atoms with Gasteiger partial charge in [-0.05, 0) is 246 Å². The molecule has 728 valence electrons. The molecule has 7 aliphatic rings. The van der Waals surface area contributed by atoms with Crippen LogP contribution >= 0.6 is 11.3 Å². The Kier molecular flexibility index (Phi) is 29.9. The maximum Gasteiger partial charge on any atom is 0.403 e. The summed E-state index contributed by atoms with van der Waals surface area (Å²) in [5.41, 5.74) is 10.2. The molecular formula is C101H118F3N19O11S4. The standard InChI is InChI=1S/C35H43N7O4S.C34H35N7O3S2.C32H34F3N5O4S.3H2/c1-47(44,29-10-17-45-18-11-29)30-8-9-32(37-24-30)31-21-27-23-38-35(39-28-6-4-25(5-7-28)26-3-2-12-36-22-26)40-33(27)42(34(31)43)14-13-41-15-19-46-20-16-41;1-39-16-13-25(20-39)23-5-9-27(10-6-23)37-34-36-18-26-17-29(24-7-11-28(12-8-24)46(2,44)31-19-35-22-45-31)33(43)41(32(26)38-34)21-30(42)40-14-3-4-15-40;33-32(34,35)20-45(42,43)28-4-2-1-3-26(28)27-17-24-18-37-31(38-25-7-5-22(6-8-25)23-9-13-36-14-10-23)39-29(24)40(30(27)41)19-21-11-15-44-16-12-21;;;/h4-9,21,23-24,26,29,36H,1-3,10-20,22H2,(H,38,39,40);5-12,17-19,22,25H,2-4,13-16,20-21H2,1H3,(H,36,37,38);1-8,17-18,21,23,36H,9-16,19-20H2,(H,37,38,39);3*1H. The molecular weight excluding hydrogens is 1840 g/mol. The number of piperidine rings is 2. The van der Waals surface area contributed by atoms with Crippen molar-refractivity contribution in [1.29, 1.82) is 0 Å². The van der Waals surface area contributed by atoms with Crippen molar-refractivity contribution in [3.8, 4) is 33.5 Å². The number of nitrogens with one attached hydrogen (secondary N) is 5. The van der Waals surface area contributed by atoms with Crippen molar-refractivity contribution in [1.82, 2.24) is 78.9 Å². The molecule has 13 aromatic rings. The van der Waals surface area contributed by atoms with Crippen LogP contribution in [0, 0.1) is 5.92 Å². The zero-order chi connectivity index (χ0) is 95.7. The van der Waals surface area contributed by atoms with Gasteiger partial charge in [0.2, 0.25) is 23.8 Å². The molecule has 15 heterocycles. The second kappa shape index (κ2) is 42.8. The van der Waals surface area contributed by atoms with E-state index in [0.29, 0.717) is 185 Å². The van der Waals surface area contributed by atoms with Crippen molar-refractivity contribution in [2.75, 3.05) is 140 Å². The molecule has 5 aromatic carbocycles. The lowest BCUT2D eigenvalue weighted by molar-refractivity contribution is -0.130. The highest BCUT2D eigenvalue weighted by molar-refractivity contribution is 8.02. The van der Waals surface area contributed by atoms with E-state index < -0.39 is 51.3 Å². The number of sulfone groups is 1. The molecule has 0 radical (unpaired) electrons. The Balaban J connectivity index is 0.000000158. The Hall–Kier alpha value is -11.9. The van der Waals surface area contributed by atoms with E-state index in [1.54, 1.807) is 82.2 Å². The van der Waals surface area contributed by atoms with Crippen molar-refractivity contribution >= 4 is 126 Å². The van der Waals surface area contributed by atoms with Gasteiger partial charge < -0.3 is 50.6 Å². The number of morpholine rings is 1. The molecule has 0 spiro atoms. The highest BCUT2D eigenvalue weighted by Gasteiger charge is 2.38. The average molecular weight is 1960 g/mol. The predicted octanol–water partition coefficient (Wildman–Crippen LogP) is 14.7. The Morgan fingerprint density at radius 3 is 1.63 bits per heavy atom. The van der Waals surface area contributed by atoms with Crippen LogP contribution in [0.4, 0.5) is 48.1 Å². The summed E-state index contributed by atoms with van der Waals surface area (Å²) in [5.74, 6) is 8.63. The number of pyridine rings is 4. The number of thiazole rings is 1. The van der Waals surface area contributed by atoms with Crippen LogP contribution in [-0.4, -0.2) is 239 Å². The van der Waals surface area contributed by atoms with E-state index in [1.165, 1.54) is 80.5 Å². The van der Waals surface area contributed by atoms with Gasteiger partial charge in [0.25, 0.3) is 16.7 Å². The van der Waals surface area contributed by atoms with E-state index in [-0.39, 0.29) is 62.6 Å². The average Bonchev–Trinajstić information content (AvgIpc) is 1.33. The lowest BCUT2D eigenvalue weighted by atomic mass is 9.90. The van der Waals surface area contributed by atoms with Gasteiger partial charge in [0, 0.05) is 198 Å². The second-order valence-electron chi connectivity index (χ2n) is 36.3. The third-order valence-corrected chi connectivity index (χ3v) is 34.7. The minimum absolute atomic E-state index is 0. The van der Waals surface area contributed by atoms with Gasteiger partial charge in [0.1, 0.15) is 27.7 Å². The number of hydrogen-bond donors (Lipinski definition) is 5. The number of aromatic nitrogens is 11. The van der Waals surface area contributed by atoms with Crippen LogP contribution in [-0.2, 0) is 67.5 Å². The van der Waals surface area contributed by atoms with Crippen LogP contribution in [0.5, 0.6) is 0 Å². The summed E-state index contributed by atoms with van der Waals surface area (Å²) in [4.78, 5) is 99.3. The summed E-state index contributed by atoms with van der Waals surface area (Å²) in [6.07, 6.45) is 13.7. The number of ether oxygens (including phenoxy) is 3. The number of hydrogen-bond acceptors (Lipinski definition) is 27. The van der Waals surface area contributed by atoms with E-state index in [2.05, 4.69) is 129 Å². The molecule has 0 aliphatic carbocycles. The maximum absolute atomic E-state index is 14.2. The van der Waals surface area contributed by atoms with Crippen LogP contribution in [0.2, 0.25) is 0 Å². The van der Waals surface area contributed by atoms with Gasteiger partial charge in [-0.15, -0.1) is 11.3 Å². The summed E-state index contributed by atoms with van der Waals surface area (Å²) in [6.45, 7) is 14.2. The van der Waals surface area contributed by atoms with Gasteiger partial charge in [-0.2, -0.15) is 28.1 Å². The largest absolute Gasteiger partial charge is 0.403 e. The third kappa shape index (κ3) is 22.7.